The van der Waals surface area contributed by atoms with E-state index in [1.807, 2.05) is 30.3 Å². The minimum absolute atomic E-state index is 0.226. The molecule has 30 heavy (non-hydrogen) atoms. The maximum atomic E-state index is 14.1. The summed E-state index contributed by atoms with van der Waals surface area (Å²) in [5.41, 5.74) is 2.24. The van der Waals surface area contributed by atoms with E-state index in [0.29, 0.717) is 16.8 Å². The quantitative estimate of drug-likeness (QED) is 0.651. The third kappa shape index (κ3) is 4.12. The van der Waals surface area contributed by atoms with E-state index in [0.717, 1.165) is 5.56 Å². The van der Waals surface area contributed by atoms with Crippen molar-refractivity contribution in [2.75, 3.05) is 11.9 Å². The molecule has 0 fully saturated rings. The number of amides is 2. The van der Waals surface area contributed by atoms with Gasteiger partial charge in [0.15, 0.2) is 0 Å². The molecule has 0 radical (unpaired) electrons. The molecule has 4 nitrogen and oxygen atoms in total. The monoisotopic (exact) mass is 404 g/mol. The van der Waals surface area contributed by atoms with E-state index in [1.165, 1.54) is 53.4 Å². The number of anilines is 1. The zero-order valence-electron chi connectivity index (χ0n) is 15.9. The molecule has 1 atom stereocenters. The standard InChI is InChI=1S/C24H18F2N2O2/c25-18-9-7-17(8-10-18)24-20-14-19(26)11-12-21(20)27-22(29)15-28(24)23(30)13-6-16-4-2-1-3-5-16/h1-14,24H,15H2,(H,27,29)/b13-6+. The molecular formula is C24H18F2N2O2. The first-order valence-corrected chi connectivity index (χ1v) is 9.40. The van der Waals surface area contributed by atoms with Crippen LogP contribution in [0.1, 0.15) is 22.7 Å². The number of halogens is 2. The van der Waals surface area contributed by atoms with E-state index in [9.17, 15) is 18.4 Å². The zero-order valence-corrected chi connectivity index (χ0v) is 15.9. The Morgan fingerprint density at radius 3 is 2.40 bits per heavy atom. The number of hydrogen-bond acceptors (Lipinski definition) is 2. The van der Waals surface area contributed by atoms with Crippen molar-refractivity contribution in [1.29, 1.82) is 0 Å². The Hall–Kier alpha value is -3.80. The summed E-state index contributed by atoms with van der Waals surface area (Å²) < 4.78 is 27.6. The summed E-state index contributed by atoms with van der Waals surface area (Å²) in [4.78, 5) is 26.9. The van der Waals surface area contributed by atoms with Gasteiger partial charge in [0.2, 0.25) is 11.8 Å². The Bertz CT molecular complexity index is 1110. The van der Waals surface area contributed by atoms with Gasteiger partial charge in [-0.05, 0) is 47.5 Å². The lowest BCUT2D eigenvalue weighted by Crippen LogP contribution is -2.38. The molecule has 1 N–H and O–H groups in total. The summed E-state index contributed by atoms with van der Waals surface area (Å²) in [5, 5.41) is 2.72. The van der Waals surface area contributed by atoms with Gasteiger partial charge in [-0.2, -0.15) is 0 Å². The number of carbonyl (C=O) groups is 2. The van der Waals surface area contributed by atoms with Gasteiger partial charge >= 0.3 is 0 Å². The van der Waals surface area contributed by atoms with E-state index in [1.54, 1.807) is 6.08 Å². The average Bonchev–Trinajstić information content (AvgIpc) is 2.89. The Kier molecular flexibility index (Phi) is 5.39. The lowest BCUT2D eigenvalue weighted by atomic mass is 9.95. The number of nitrogens with one attached hydrogen (secondary N) is 1. The van der Waals surface area contributed by atoms with E-state index in [2.05, 4.69) is 5.32 Å². The highest BCUT2D eigenvalue weighted by Crippen LogP contribution is 2.36. The first kappa shape index (κ1) is 19.5. The molecule has 1 unspecified atom stereocenters. The lowest BCUT2D eigenvalue weighted by Gasteiger charge is -2.29. The van der Waals surface area contributed by atoms with Gasteiger partial charge in [-0.1, -0.05) is 42.5 Å². The Balaban J connectivity index is 1.79. The Labute approximate surface area is 172 Å². The fraction of sp³-hybridized carbons (Fsp3) is 0.0833. The van der Waals surface area contributed by atoms with Crippen molar-refractivity contribution in [3.05, 3.63) is 107 Å². The maximum Gasteiger partial charge on any atom is 0.247 e. The molecule has 0 spiro atoms. The van der Waals surface area contributed by atoms with E-state index >= 15 is 0 Å². The lowest BCUT2D eigenvalue weighted by molar-refractivity contribution is -0.131. The molecule has 0 aliphatic carbocycles. The number of hydrogen-bond donors (Lipinski definition) is 1. The first-order chi connectivity index (χ1) is 14.5. The topological polar surface area (TPSA) is 49.4 Å². The maximum absolute atomic E-state index is 14.1. The fourth-order valence-corrected chi connectivity index (χ4v) is 3.51. The van der Waals surface area contributed by atoms with Crippen molar-refractivity contribution in [1.82, 2.24) is 4.90 Å². The summed E-state index contributed by atoms with van der Waals surface area (Å²) in [6, 6.07) is 18.1. The van der Waals surface area contributed by atoms with Crippen molar-refractivity contribution < 1.29 is 18.4 Å². The summed E-state index contributed by atoms with van der Waals surface area (Å²) in [6.45, 7) is -0.226. The minimum Gasteiger partial charge on any atom is -0.324 e. The van der Waals surface area contributed by atoms with Gasteiger partial charge in [0.25, 0.3) is 0 Å². The van der Waals surface area contributed by atoms with Crippen molar-refractivity contribution >= 4 is 23.6 Å². The smallest absolute Gasteiger partial charge is 0.247 e. The van der Waals surface area contributed by atoms with E-state index in [4.69, 9.17) is 0 Å². The summed E-state index contributed by atoms with van der Waals surface area (Å²) in [6.07, 6.45) is 3.03. The third-order valence-electron chi connectivity index (χ3n) is 4.89. The molecular weight excluding hydrogens is 386 g/mol. The van der Waals surface area contributed by atoms with Crippen LogP contribution in [0.25, 0.3) is 6.08 Å². The van der Waals surface area contributed by atoms with Crippen LogP contribution < -0.4 is 5.32 Å². The second-order valence-corrected chi connectivity index (χ2v) is 6.94. The van der Waals surface area contributed by atoms with E-state index in [-0.39, 0.29) is 6.54 Å². The van der Waals surface area contributed by atoms with Crippen LogP contribution in [0.2, 0.25) is 0 Å². The second kappa shape index (κ2) is 8.29. The third-order valence-corrected chi connectivity index (χ3v) is 4.89. The van der Waals surface area contributed by atoms with Gasteiger partial charge in [0.1, 0.15) is 18.2 Å². The van der Waals surface area contributed by atoms with Crippen LogP contribution in [0.4, 0.5) is 14.5 Å². The highest BCUT2D eigenvalue weighted by atomic mass is 19.1. The molecule has 3 aromatic carbocycles. The molecule has 6 heteroatoms. The van der Waals surface area contributed by atoms with Crippen LogP contribution in [0.5, 0.6) is 0 Å². The molecule has 1 aliphatic rings. The first-order valence-electron chi connectivity index (χ1n) is 9.40. The molecule has 2 amide bonds. The summed E-state index contributed by atoms with van der Waals surface area (Å²) >= 11 is 0. The van der Waals surface area contributed by atoms with Gasteiger partial charge in [-0.25, -0.2) is 8.78 Å². The SMILES string of the molecule is O=C1CN(C(=O)/C=C/c2ccccc2)C(c2ccc(F)cc2)c2cc(F)ccc2N1. The normalized spacial score (nSPS) is 16.1. The second-order valence-electron chi connectivity index (χ2n) is 6.94. The highest BCUT2D eigenvalue weighted by Gasteiger charge is 2.32. The van der Waals surface area contributed by atoms with Crippen molar-refractivity contribution in [2.45, 2.75) is 6.04 Å². The van der Waals surface area contributed by atoms with Gasteiger partial charge in [0.05, 0.1) is 6.04 Å². The van der Waals surface area contributed by atoms with E-state index < -0.39 is 29.5 Å². The Morgan fingerprint density at radius 2 is 1.67 bits per heavy atom. The van der Waals surface area contributed by atoms with Crippen LogP contribution in [0.3, 0.4) is 0 Å². The fourth-order valence-electron chi connectivity index (χ4n) is 3.51. The number of benzene rings is 3. The van der Waals surface area contributed by atoms with Crippen LogP contribution in [-0.4, -0.2) is 23.3 Å². The van der Waals surface area contributed by atoms with Crippen LogP contribution in [0.15, 0.2) is 78.9 Å². The van der Waals surface area contributed by atoms with Gasteiger partial charge in [-0.15, -0.1) is 0 Å². The number of fused-ring (bicyclic) bond motifs is 1. The molecule has 150 valence electrons. The molecule has 4 rings (SSSR count). The number of carbonyl (C=O) groups excluding carboxylic acids is 2. The summed E-state index contributed by atoms with van der Waals surface area (Å²) in [5.74, 6) is -1.73. The van der Waals surface area contributed by atoms with Crippen molar-refractivity contribution in [2.24, 2.45) is 0 Å². The molecule has 3 aromatic rings. The summed E-state index contributed by atoms with van der Waals surface area (Å²) in [7, 11) is 0. The molecule has 0 bridgehead atoms. The predicted octanol–water partition coefficient (Wildman–Crippen LogP) is 4.55. The van der Waals surface area contributed by atoms with Crippen LogP contribution in [0, 0.1) is 11.6 Å². The molecule has 0 saturated carbocycles. The van der Waals surface area contributed by atoms with Crippen LogP contribution >= 0.6 is 0 Å². The van der Waals surface area contributed by atoms with Crippen molar-refractivity contribution in [3.8, 4) is 0 Å². The van der Waals surface area contributed by atoms with Gasteiger partial charge in [-0.3, -0.25) is 9.59 Å². The highest BCUT2D eigenvalue weighted by molar-refractivity contribution is 6.00. The van der Waals surface area contributed by atoms with Gasteiger partial charge < -0.3 is 10.2 Å². The number of nitrogens with zero attached hydrogens (tertiary/aromatic N) is 1. The molecule has 1 heterocycles. The average molecular weight is 404 g/mol. The largest absolute Gasteiger partial charge is 0.324 e. The molecule has 1 aliphatic heterocycles. The minimum atomic E-state index is -0.761. The molecule has 0 aromatic heterocycles. The van der Waals surface area contributed by atoms with Gasteiger partial charge in [0, 0.05) is 17.3 Å². The number of rotatable bonds is 3. The molecule has 0 saturated heterocycles. The predicted molar refractivity (Wildman–Crippen MR) is 110 cm³/mol. The zero-order chi connectivity index (χ0) is 21.1. The Morgan fingerprint density at radius 1 is 0.967 bits per heavy atom. The van der Waals surface area contributed by atoms with Crippen LogP contribution in [-0.2, 0) is 9.59 Å². The van der Waals surface area contributed by atoms with Crippen molar-refractivity contribution in [3.63, 3.8) is 0 Å².